The molecule has 0 aliphatic heterocycles. The van der Waals surface area contributed by atoms with E-state index >= 15 is 0 Å². The number of carbonyl (C=O) groups excluding carboxylic acids is 1. The summed E-state index contributed by atoms with van der Waals surface area (Å²) in [6.45, 7) is 12.5. The van der Waals surface area contributed by atoms with Gasteiger partial charge in [-0.2, -0.15) is 5.10 Å². The van der Waals surface area contributed by atoms with Crippen LogP contribution in [0.3, 0.4) is 0 Å². The number of aryl methyl sites for hydroxylation is 1. The number of hydrogen-bond acceptors (Lipinski definition) is 3. The third kappa shape index (κ3) is 5.35. The van der Waals surface area contributed by atoms with Crippen LogP contribution < -0.4 is 5.43 Å². The first kappa shape index (κ1) is 22.6. The van der Waals surface area contributed by atoms with Gasteiger partial charge in [0, 0.05) is 29.1 Å². The number of benzene rings is 2. The highest BCUT2D eigenvalue weighted by Crippen LogP contribution is 2.39. The van der Waals surface area contributed by atoms with Crippen molar-refractivity contribution in [3.05, 3.63) is 64.8 Å². The molecule has 1 heterocycles. The van der Waals surface area contributed by atoms with Crippen LogP contribution >= 0.6 is 0 Å². The molecule has 0 spiro atoms. The number of carbonyl (C=O) groups is 1. The Morgan fingerprint density at radius 2 is 1.68 bits per heavy atom. The molecular weight excluding hydrogens is 386 g/mol. The number of phenolic OH excluding ortho intramolecular Hbond substituents is 1. The Labute approximate surface area is 184 Å². The molecule has 0 aliphatic rings. The average molecular weight is 420 g/mol. The second kappa shape index (κ2) is 8.58. The minimum Gasteiger partial charge on any atom is -0.507 e. The summed E-state index contributed by atoms with van der Waals surface area (Å²) in [4.78, 5) is 15.5. The molecule has 0 fully saturated rings. The first-order chi connectivity index (χ1) is 14.5. The van der Waals surface area contributed by atoms with Gasteiger partial charge in [0.15, 0.2) is 0 Å². The molecule has 3 N–H and O–H groups in total. The lowest BCUT2D eigenvalue weighted by Crippen LogP contribution is -2.20. The maximum absolute atomic E-state index is 12.4. The number of nitrogens with zero attached hydrogens (tertiary/aromatic N) is 1. The fourth-order valence-electron chi connectivity index (χ4n) is 3.67. The molecule has 0 aliphatic carbocycles. The van der Waals surface area contributed by atoms with Gasteiger partial charge < -0.3 is 10.1 Å². The second-order valence-electron chi connectivity index (χ2n) is 10.1. The number of aromatic amines is 1. The summed E-state index contributed by atoms with van der Waals surface area (Å²) in [5, 5.41) is 16.0. The summed E-state index contributed by atoms with van der Waals surface area (Å²) in [6.07, 6.45) is 4.44. The monoisotopic (exact) mass is 419 g/mol. The van der Waals surface area contributed by atoms with Crippen LogP contribution in [0.15, 0.2) is 47.7 Å². The Morgan fingerprint density at radius 3 is 2.29 bits per heavy atom. The summed E-state index contributed by atoms with van der Waals surface area (Å²) >= 11 is 0. The lowest BCUT2D eigenvalue weighted by Gasteiger charge is -2.28. The lowest BCUT2D eigenvalue weighted by atomic mass is 9.78. The fraction of sp³-hybridized carbons (Fsp3) is 0.385. The summed E-state index contributed by atoms with van der Waals surface area (Å²) in [5.41, 5.74) is 7.08. The van der Waals surface area contributed by atoms with Crippen LogP contribution in [0.2, 0.25) is 0 Å². The number of para-hydroxylation sites is 1. The minimum atomic E-state index is -0.189. The normalized spacial score (nSPS) is 12.6. The van der Waals surface area contributed by atoms with E-state index < -0.39 is 0 Å². The van der Waals surface area contributed by atoms with E-state index in [-0.39, 0.29) is 16.7 Å². The van der Waals surface area contributed by atoms with Crippen molar-refractivity contribution in [1.29, 1.82) is 0 Å². The van der Waals surface area contributed by atoms with Gasteiger partial charge in [-0.1, -0.05) is 71.9 Å². The maximum atomic E-state index is 12.4. The van der Waals surface area contributed by atoms with Crippen LogP contribution in [0.4, 0.5) is 0 Å². The smallest absolute Gasteiger partial charge is 0.240 e. The van der Waals surface area contributed by atoms with Gasteiger partial charge in [0.25, 0.3) is 0 Å². The molecule has 0 saturated heterocycles. The first-order valence-corrected chi connectivity index (χ1v) is 10.7. The molecule has 0 bridgehead atoms. The number of phenols is 1. The zero-order chi connectivity index (χ0) is 22.8. The Kier molecular flexibility index (Phi) is 6.25. The van der Waals surface area contributed by atoms with E-state index in [4.69, 9.17) is 0 Å². The summed E-state index contributed by atoms with van der Waals surface area (Å²) in [6, 6.07) is 12.0. The Balaban J connectivity index is 1.69. The number of hydrazone groups is 1. The molecule has 0 radical (unpaired) electrons. The molecule has 1 aromatic heterocycles. The van der Waals surface area contributed by atoms with Gasteiger partial charge in [0.1, 0.15) is 5.75 Å². The number of rotatable bonds is 5. The van der Waals surface area contributed by atoms with Crippen molar-refractivity contribution in [2.24, 2.45) is 5.10 Å². The predicted molar refractivity (Wildman–Crippen MR) is 128 cm³/mol. The SMILES string of the molecule is CC(C)(C)c1cc(CCC(=O)N/N=C/c2c[nH]c3ccccc23)cc(C(C)(C)C)c1O. The van der Waals surface area contributed by atoms with Crippen LogP contribution in [0.25, 0.3) is 10.9 Å². The quantitative estimate of drug-likeness (QED) is 0.374. The molecular formula is C26H33N3O2. The highest BCUT2D eigenvalue weighted by molar-refractivity contribution is 5.99. The van der Waals surface area contributed by atoms with E-state index in [1.807, 2.05) is 42.6 Å². The predicted octanol–water partition coefficient (Wildman–Crippen LogP) is 5.55. The van der Waals surface area contributed by atoms with Crippen LogP contribution in [-0.4, -0.2) is 22.2 Å². The Hall–Kier alpha value is -3.08. The molecule has 5 nitrogen and oxygen atoms in total. The Morgan fingerprint density at radius 1 is 1.06 bits per heavy atom. The van der Waals surface area contributed by atoms with Gasteiger partial charge in [-0.3, -0.25) is 4.79 Å². The molecule has 0 unspecified atom stereocenters. The van der Waals surface area contributed by atoms with Crippen molar-refractivity contribution in [1.82, 2.24) is 10.4 Å². The maximum Gasteiger partial charge on any atom is 0.240 e. The van der Waals surface area contributed by atoms with E-state index in [1.165, 1.54) is 0 Å². The number of aromatic hydroxyl groups is 1. The first-order valence-electron chi connectivity index (χ1n) is 10.7. The third-order valence-electron chi connectivity index (χ3n) is 5.44. The molecule has 2 aromatic carbocycles. The highest BCUT2D eigenvalue weighted by atomic mass is 16.3. The van der Waals surface area contributed by atoms with Crippen molar-refractivity contribution >= 4 is 23.0 Å². The standard InChI is InChI=1S/C26H33N3O2/c1-25(2,3)20-13-17(14-21(24(20)31)26(4,5)6)11-12-23(30)29-28-16-18-15-27-22-10-8-7-9-19(18)22/h7-10,13-16,27,31H,11-12H2,1-6H3,(H,29,30)/b28-16+. The van der Waals surface area contributed by atoms with Crippen LogP contribution in [0, 0.1) is 0 Å². The highest BCUT2D eigenvalue weighted by Gasteiger charge is 2.26. The van der Waals surface area contributed by atoms with Gasteiger partial charge in [0.2, 0.25) is 5.91 Å². The number of nitrogens with one attached hydrogen (secondary N) is 2. The van der Waals surface area contributed by atoms with E-state index in [1.54, 1.807) is 6.21 Å². The number of amides is 1. The summed E-state index contributed by atoms with van der Waals surface area (Å²) in [5.74, 6) is 0.218. The Bertz CT molecular complexity index is 1080. The van der Waals surface area contributed by atoms with Crippen LogP contribution in [-0.2, 0) is 22.0 Å². The van der Waals surface area contributed by atoms with Crippen molar-refractivity contribution < 1.29 is 9.90 Å². The van der Waals surface area contributed by atoms with Crippen molar-refractivity contribution in [2.75, 3.05) is 0 Å². The number of hydrogen-bond donors (Lipinski definition) is 3. The average Bonchev–Trinajstić information content (AvgIpc) is 3.08. The van der Waals surface area contributed by atoms with Crippen LogP contribution in [0.5, 0.6) is 5.75 Å². The molecule has 1 amide bonds. The zero-order valence-electron chi connectivity index (χ0n) is 19.3. The van der Waals surface area contributed by atoms with E-state index in [2.05, 4.69) is 57.1 Å². The number of H-pyrrole nitrogens is 1. The van der Waals surface area contributed by atoms with Crippen molar-refractivity contribution in [3.63, 3.8) is 0 Å². The molecule has 0 atom stereocenters. The molecule has 0 saturated carbocycles. The zero-order valence-corrected chi connectivity index (χ0v) is 19.3. The van der Waals surface area contributed by atoms with Crippen LogP contribution in [0.1, 0.15) is 70.2 Å². The summed E-state index contributed by atoms with van der Waals surface area (Å²) < 4.78 is 0. The van der Waals surface area contributed by atoms with Gasteiger partial charge in [-0.25, -0.2) is 5.43 Å². The molecule has 3 aromatic rings. The lowest BCUT2D eigenvalue weighted by molar-refractivity contribution is -0.121. The third-order valence-corrected chi connectivity index (χ3v) is 5.44. The van der Waals surface area contributed by atoms with Gasteiger partial charge in [0.05, 0.1) is 6.21 Å². The topological polar surface area (TPSA) is 77.5 Å². The van der Waals surface area contributed by atoms with Gasteiger partial charge >= 0.3 is 0 Å². The van der Waals surface area contributed by atoms with E-state index in [0.717, 1.165) is 33.2 Å². The molecule has 164 valence electrons. The molecule has 5 heteroatoms. The van der Waals surface area contributed by atoms with Gasteiger partial charge in [-0.15, -0.1) is 0 Å². The minimum absolute atomic E-state index is 0.140. The summed E-state index contributed by atoms with van der Waals surface area (Å²) in [7, 11) is 0. The van der Waals surface area contributed by atoms with Crippen molar-refractivity contribution in [2.45, 2.75) is 65.2 Å². The van der Waals surface area contributed by atoms with Gasteiger partial charge in [-0.05, 0) is 40.0 Å². The number of fused-ring (bicyclic) bond motifs is 1. The largest absolute Gasteiger partial charge is 0.507 e. The van der Waals surface area contributed by atoms with E-state index in [9.17, 15) is 9.90 Å². The van der Waals surface area contributed by atoms with Crippen molar-refractivity contribution in [3.8, 4) is 5.75 Å². The fourth-order valence-corrected chi connectivity index (χ4v) is 3.67. The van der Waals surface area contributed by atoms with E-state index in [0.29, 0.717) is 18.6 Å². The number of aromatic nitrogens is 1. The second-order valence-corrected chi connectivity index (χ2v) is 10.1. The molecule has 3 rings (SSSR count). The molecule has 31 heavy (non-hydrogen) atoms.